The lowest BCUT2D eigenvalue weighted by Gasteiger charge is -2.42. The van der Waals surface area contributed by atoms with Crippen LogP contribution in [0, 0.1) is 0 Å². The summed E-state index contributed by atoms with van der Waals surface area (Å²) in [5, 5.41) is 2.46. The molecule has 234 valence electrons. The van der Waals surface area contributed by atoms with E-state index >= 15 is 0 Å². The van der Waals surface area contributed by atoms with E-state index in [9.17, 15) is 32.3 Å². The van der Waals surface area contributed by atoms with Crippen LogP contribution in [0.2, 0.25) is 0 Å². The highest BCUT2D eigenvalue weighted by atomic mass is 19.4. The molecule has 0 radical (unpaired) electrons. The molecule has 2 aliphatic rings. The summed E-state index contributed by atoms with van der Waals surface area (Å²) in [6.07, 6.45) is -4.58. The number of anilines is 1. The molecule has 0 saturated carbocycles. The lowest BCUT2D eigenvalue weighted by atomic mass is 9.96. The number of piperidine rings is 1. The van der Waals surface area contributed by atoms with E-state index in [1.54, 1.807) is 34.6 Å². The Bertz CT molecular complexity index is 1220. The van der Waals surface area contributed by atoms with Crippen LogP contribution in [0.15, 0.2) is 12.1 Å². The molecule has 0 spiro atoms. The zero-order chi connectivity index (χ0) is 31.8. The van der Waals surface area contributed by atoms with E-state index < -0.39 is 58.5 Å². The SMILES string of the molecule is CNC(=O)CCN1C(=O)C(C)(C)Oc2cc(C(F)(F)F)c(C(=O)N(C(C)C)[C@@H]3CCCN(C(=O)OC(C)(C)C)C3)cc21. The maximum atomic E-state index is 14.4. The second-order valence-corrected chi connectivity index (χ2v) is 12.4. The molecule has 0 bridgehead atoms. The molecule has 2 heterocycles. The zero-order valence-electron chi connectivity index (χ0n) is 25.5. The molecule has 1 aromatic carbocycles. The number of fused-ring (bicyclic) bond motifs is 1. The van der Waals surface area contributed by atoms with Crippen LogP contribution in [0.5, 0.6) is 5.75 Å². The van der Waals surface area contributed by atoms with Crippen molar-refractivity contribution in [3.8, 4) is 5.75 Å². The minimum atomic E-state index is -4.92. The van der Waals surface area contributed by atoms with Gasteiger partial charge in [-0.15, -0.1) is 0 Å². The number of benzene rings is 1. The Morgan fingerprint density at radius 1 is 1.19 bits per heavy atom. The lowest BCUT2D eigenvalue weighted by Crippen LogP contribution is -2.55. The van der Waals surface area contributed by atoms with Crippen molar-refractivity contribution < 1.29 is 41.8 Å². The summed E-state index contributed by atoms with van der Waals surface area (Å²) in [5.41, 5.74) is -4.11. The molecule has 10 nitrogen and oxygen atoms in total. The Labute approximate surface area is 244 Å². The molecule has 0 aromatic heterocycles. The number of halogens is 3. The fourth-order valence-corrected chi connectivity index (χ4v) is 5.22. The molecule has 1 fully saturated rings. The number of hydrogen-bond acceptors (Lipinski definition) is 6. The summed E-state index contributed by atoms with van der Waals surface area (Å²) < 4.78 is 54.5. The van der Waals surface area contributed by atoms with Gasteiger partial charge < -0.3 is 29.5 Å². The number of rotatable bonds is 6. The minimum Gasteiger partial charge on any atom is -0.476 e. The molecule has 1 aromatic rings. The van der Waals surface area contributed by atoms with E-state index in [4.69, 9.17) is 9.47 Å². The van der Waals surface area contributed by atoms with Crippen molar-refractivity contribution in [2.75, 3.05) is 31.6 Å². The van der Waals surface area contributed by atoms with Gasteiger partial charge in [-0.25, -0.2) is 4.79 Å². The van der Waals surface area contributed by atoms with E-state index in [1.165, 1.54) is 35.6 Å². The highest BCUT2D eigenvalue weighted by Crippen LogP contribution is 2.44. The van der Waals surface area contributed by atoms with Gasteiger partial charge in [0.1, 0.15) is 11.4 Å². The molecule has 4 amide bonds. The van der Waals surface area contributed by atoms with Gasteiger partial charge in [0.2, 0.25) is 5.91 Å². The second kappa shape index (κ2) is 12.0. The van der Waals surface area contributed by atoms with E-state index in [1.807, 2.05) is 0 Å². The Morgan fingerprint density at radius 3 is 2.38 bits per heavy atom. The predicted octanol–water partition coefficient (Wildman–Crippen LogP) is 4.60. The van der Waals surface area contributed by atoms with Crippen molar-refractivity contribution in [1.82, 2.24) is 15.1 Å². The van der Waals surface area contributed by atoms with Gasteiger partial charge in [0.25, 0.3) is 11.8 Å². The maximum Gasteiger partial charge on any atom is 0.417 e. The van der Waals surface area contributed by atoms with Gasteiger partial charge in [-0.2, -0.15) is 13.2 Å². The molecule has 3 rings (SSSR count). The van der Waals surface area contributed by atoms with Crippen LogP contribution < -0.4 is 15.0 Å². The first-order chi connectivity index (χ1) is 19.3. The standard InChI is InChI=1S/C29H41F3N4O6/c1-17(2)36(18-10-9-12-34(16-18)26(40)42-27(3,4)5)24(38)19-14-21-22(15-20(19)29(30,31)32)41-28(6,7)25(39)35(21)13-11-23(37)33-8/h14-15,17-18H,9-13,16H2,1-8H3,(H,33,37)/t18-/m1/s1. The third-order valence-electron chi connectivity index (χ3n) is 7.12. The van der Waals surface area contributed by atoms with E-state index in [0.717, 1.165) is 12.1 Å². The number of ether oxygens (including phenoxy) is 2. The number of nitrogens with zero attached hydrogens (tertiary/aromatic N) is 3. The molecule has 1 N–H and O–H groups in total. The van der Waals surface area contributed by atoms with Crippen LogP contribution in [0.3, 0.4) is 0 Å². The highest BCUT2D eigenvalue weighted by Gasteiger charge is 2.45. The van der Waals surface area contributed by atoms with E-state index in [0.29, 0.717) is 19.4 Å². The van der Waals surface area contributed by atoms with Gasteiger partial charge in [0.15, 0.2) is 5.60 Å². The Balaban J connectivity index is 2.08. The van der Waals surface area contributed by atoms with E-state index in [-0.39, 0.29) is 36.9 Å². The molecule has 0 unspecified atom stereocenters. The monoisotopic (exact) mass is 598 g/mol. The average Bonchev–Trinajstić information content (AvgIpc) is 2.86. The van der Waals surface area contributed by atoms with Gasteiger partial charge in [-0.05, 0) is 73.4 Å². The highest BCUT2D eigenvalue weighted by molar-refractivity contribution is 6.05. The predicted molar refractivity (Wildman–Crippen MR) is 149 cm³/mol. The van der Waals surface area contributed by atoms with Gasteiger partial charge in [0, 0.05) is 39.1 Å². The topological polar surface area (TPSA) is 108 Å². The fraction of sp³-hybridized carbons (Fsp3) is 0.655. The summed E-state index contributed by atoms with van der Waals surface area (Å²) in [6.45, 7) is 11.8. The Morgan fingerprint density at radius 2 is 1.83 bits per heavy atom. The summed E-state index contributed by atoms with van der Waals surface area (Å²) in [4.78, 5) is 56.1. The van der Waals surface area contributed by atoms with Gasteiger partial charge >= 0.3 is 12.3 Å². The first kappa shape index (κ1) is 33.0. The summed E-state index contributed by atoms with van der Waals surface area (Å²) in [6, 6.07) is 0.689. The molecule has 2 aliphatic heterocycles. The van der Waals surface area contributed by atoms with Crippen molar-refractivity contribution in [2.45, 2.75) is 97.2 Å². The molecular weight excluding hydrogens is 557 g/mol. The van der Waals surface area contributed by atoms with Crippen LogP contribution in [-0.4, -0.2) is 83.6 Å². The van der Waals surface area contributed by atoms with Crippen molar-refractivity contribution in [3.05, 3.63) is 23.3 Å². The van der Waals surface area contributed by atoms with Crippen molar-refractivity contribution >= 4 is 29.5 Å². The summed E-state index contributed by atoms with van der Waals surface area (Å²) in [5.74, 6) is -2.03. The number of hydrogen-bond donors (Lipinski definition) is 1. The normalized spacial score (nSPS) is 18.8. The number of carbonyl (C=O) groups excluding carboxylic acids is 4. The molecule has 42 heavy (non-hydrogen) atoms. The van der Waals surface area contributed by atoms with Crippen molar-refractivity contribution in [3.63, 3.8) is 0 Å². The number of carbonyl (C=O) groups is 4. The van der Waals surface area contributed by atoms with E-state index in [2.05, 4.69) is 5.32 Å². The van der Waals surface area contributed by atoms with Crippen molar-refractivity contribution in [1.29, 1.82) is 0 Å². The van der Waals surface area contributed by atoms with Gasteiger partial charge in [-0.1, -0.05) is 0 Å². The molecule has 1 saturated heterocycles. The van der Waals surface area contributed by atoms with Crippen LogP contribution in [-0.2, 0) is 20.5 Å². The van der Waals surface area contributed by atoms with Crippen LogP contribution in [0.25, 0.3) is 0 Å². The minimum absolute atomic E-state index is 0.0256. The molecule has 1 atom stereocenters. The Kier molecular flexibility index (Phi) is 9.43. The maximum absolute atomic E-state index is 14.4. The number of nitrogens with one attached hydrogen (secondary N) is 1. The average molecular weight is 599 g/mol. The fourth-order valence-electron chi connectivity index (χ4n) is 5.22. The van der Waals surface area contributed by atoms with Crippen LogP contribution in [0.4, 0.5) is 23.7 Å². The summed E-state index contributed by atoms with van der Waals surface area (Å²) >= 11 is 0. The zero-order valence-corrected chi connectivity index (χ0v) is 25.5. The molecule has 0 aliphatic carbocycles. The number of likely N-dealkylation sites (tertiary alicyclic amines) is 1. The number of amides is 4. The van der Waals surface area contributed by atoms with Crippen LogP contribution in [0.1, 0.15) is 83.7 Å². The first-order valence-corrected chi connectivity index (χ1v) is 14.0. The first-order valence-electron chi connectivity index (χ1n) is 14.0. The molecule has 13 heteroatoms. The van der Waals surface area contributed by atoms with Gasteiger partial charge in [0.05, 0.1) is 22.9 Å². The van der Waals surface area contributed by atoms with Gasteiger partial charge in [-0.3, -0.25) is 14.4 Å². The second-order valence-electron chi connectivity index (χ2n) is 12.4. The quantitative estimate of drug-likeness (QED) is 0.513. The smallest absolute Gasteiger partial charge is 0.417 e. The lowest BCUT2D eigenvalue weighted by molar-refractivity contribution is -0.138. The third-order valence-corrected chi connectivity index (χ3v) is 7.12. The number of alkyl halides is 3. The Hall–Kier alpha value is -3.51. The van der Waals surface area contributed by atoms with Crippen molar-refractivity contribution in [2.24, 2.45) is 0 Å². The third kappa shape index (κ3) is 7.27. The largest absolute Gasteiger partial charge is 0.476 e. The van der Waals surface area contributed by atoms with Crippen LogP contribution >= 0.6 is 0 Å². The summed E-state index contributed by atoms with van der Waals surface area (Å²) in [7, 11) is 1.43. The molecular formula is C29H41F3N4O6.